The fraction of sp³-hybridized carbons (Fsp3) is 0.917. The number of unbranched alkanes of at least 4 members (excludes halogenated alkanes) is 1. The number of aliphatic carboxylic acids is 1. The van der Waals surface area contributed by atoms with Gasteiger partial charge in [0, 0.05) is 13.1 Å². The third-order valence-corrected chi connectivity index (χ3v) is 3.12. The predicted molar refractivity (Wildman–Crippen MR) is 64.5 cm³/mol. The van der Waals surface area contributed by atoms with Gasteiger partial charge in [-0.3, -0.25) is 4.79 Å². The second-order valence-corrected chi connectivity index (χ2v) is 5.27. The number of rotatable bonds is 8. The van der Waals surface area contributed by atoms with Gasteiger partial charge in [0.15, 0.2) is 0 Å². The summed E-state index contributed by atoms with van der Waals surface area (Å²) in [5, 5.41) is 15.4. The van der Waals surface area contributed by atoms with Gasteiger partial charge < -0.3 is 15.7 Å². The number of hydrogen-bond acceptors (Lipinski definition) is 3. The van der Waals surface area contributed by atoms with Crippen LogP contribution in [0.5, 0.6) is 0 Å². The minimum Gasteiger partial charge on any atom is -0.481 e. The van der Waals surface area contributed by atoms with Crippen LogP contribution in [0.25, 0.3) is 0 Å². The van der Waals surface area contributed by atoms with Crippen molar-refractivity contribution in [1.29, 1.82) is 0 Å². The van der Waals surface area contributed by atoms with Crippen molar-refractivity contribution in [2.45, 2.75) is 45.1 Å². The maximum Gasteiger partial charge on any atom is 0.305 e. The highest BCUT2D eigenvalue weighted by Gasteiger charge is 2.38. The molecule has 3 N–H and O–H groups in total. The molecule has 16 heavy (non-hydrogen) atoms. The molecular weight excluding hydrogens is 204 g/mol. The van der Waals surface area contributed by atoms with E-state index in [1.807, 2.05) is 0 Å². The van der Waals surface area contributed by atoms with Crippen LogP contribution in [0.2, 0.25) is 0 Å². The van der Waals surface area contributed by atoms with Crippen molar-refractivity contribution < 1.29 is 9.90 Å². The minimum atomic E-state index is -0.712. The number of nitrogens with one attached hydrogen (secondary N) is 2. The van der Waals surface area contributed by atoms with Crippen LogP contribution in [-0.4, -0.2) is 36.2 Å². The smallest absolute Gasteiger partial charge is 0.305 e. The molecule has 0 aromatic carbocycles. The Balaban J connectivity index is 2.12. The van der Waals surface area contributed by atoms with Gasteiger partial charge in [0.25, 0.3) is 0 Å². The zero-order valence-electron chi connectivity index (χ0n) is 10.4. The second kappa shape index (κ2) is 6.21. The SMILES string of the molecule is CC(C)CCCCNC1(CC(=O)O)CNC1. The predicted octanol–water partition coefficient (Wildman–Crippen LogP) is 1.22. The fourth-order valence-electron chi connectivity index (χ4n) is 2.06. The molecule has 4 heteroatoms. The molecule has 1 fully saturated rings. The maximum atomic E-state index is 10.7. The highest BCUT2D eigenvalue weighted by molar-refractivity contribution is 5.68. The number of carbonyl (C=O) groups is 1. The number of hydrogen-bond donors (Lipinski definition) is 3. The van der Waals surface area contributed by atoms with Crippen LogP contribution in [0.4, 0.5) is 0 Å². The van der Waals surface area contributed by atoms with E-state index < -0.39 is 5.97 Å². The van der Waals surface area contributed by atoms with Gasteiger partial charge in [-0.25, -0.2) is 0 Å². The first-order valence-corrected chi connectivity index (χ1v) is 6.22. The molecule has 0 saturated carbocycles. The van der Waals surface area contributed by atoms with E-state index >= 15 is 0 Å². The Bertz CT molecular complexity index is 225. The molecule has 94 valence electrons. The summed E-state index contributed by atoms with van der Waals surface area (Å²) < 4.78 is 0. The summed E-state index contributed by atoms with van der Waals surface area (Å²) >= 11 is 0. The van der Waals surface area contributed by atoms with Gasteiger partial charge in [-0.2, -0.15) is 0 Å². The molecule has 0 aliphatic carbocycles. The molecule has 0 amide bonds. The standard InChI is InChI=1S/C12H24N2O2/c1-10(2)5-3-4-6-14-12(7-11(15)16)8-13-9-12/h10,13-14H,3-9H2,1-2H3,(H,15,16). The Hall–Kier alpha value is -0.610. The van der Waals surface area contributed by atoms with E-state index in [0.29, 0.717) is 0 Å². The second-order valence-electron chi connectivity index (χ2n) is 5.27. The molecule has 0 aromatic rings. The number of carboxylic acids is 1. The molecule has 0 radical (unpaired) electrons. The highest BCUT2D eigenvalue weighted by Crippen LogP contribution is 2.16. The molecule has 1 rings (SSSR count). The summed E-state index contributed by atoms with van der Waals surface area (Å²) in [4.78, 5) is 10.7. The van der Waals surface area contributed by atoms with Crippen LogP contribution < -0.4 is 10.6 Å². The van der Waals surface area contributed by atoms with Crippen molar-refractivity contribution >= 4 is 5.97 Å². The Morgan fingerprint density at radius 3 is 2.56 bits per heavy atom. The minimum absolute atomic E-state index is 0.177. The Labute approximate surface area is 97.8 Å². The van der Waals surface area contributed by atoms with Gasteiger partial charge in [-0.05, 0) is 18.9 Å². The van der Waals surface area contributed by atoms with Crippen molar-refractivity contribution in [3.05, 3.63) is 0 Å². The van der Waals surface area contributed by atoms with E-state index in [9.17, 15) is 4.79 Å². The van der Waals surface area contributed by atoms with Gasteiger partial charge in [-0.15, -0.1) is 0 Å². The zero-order chi connectivity index (χ0) is 12.0. The summed E-state index contributed by atoms with van der Waals surface area (Å²) in [5.41, 5.74) is -0.177. The van der Waals surface area contributed by atoms with Gasteiger partial charge >= 0.3 is 5.97 Å². The Morgan fingerprint density at radius 1 is 1.44 bits per heavy atom. The summed E-state index contributed by atoms with van der Waals surface area (Å²) in [5.74, 6) is 0.0505. The van der Waals surface area contributed by atoms with Gasteiger partial charge in [0.05, 0.1) is 12.0 Å². The molecular formula is C12H24N2O2. The van der Waals surface area contributed by atoms with Crippen LogP contribution in [0.3, 0.4) is 0 Å². The Morgan fingerprint density at radius 2 is 2.12 bits per heavy atom. The van der Waals surface area contributed by atoms with E-state index in [1.54, 1.807) is 0 Å². The van der Waals surface area contributed by atoms with Crippen LogP contribution in [-0.2, 0) is 4.79 Å². The first-order chi connectivity index (χ1) is 7.54. The molecule has 1 saturated heterocycles. The van der Waals surface area contributed by atoms with E-state index in [4.69, 9.17) is 5.11 Å². The van der Waals surface area contributed by atoms with E-state index in [2.05, 4.69) is 24.5 Å². The summed E-state index contributed by atoms with van der Waals surface area (Å²) in [6.45, 7) is 6.96. The van der Waals surface area contributed by atoms with Gasteiger partial charge in [0.2, 0.25) is 0 Å². The molecule has 1 aliphatic heterocycles. The molecule has 1 aliphatic rings. The van der Waals surface area contributed by atoms with Gasteiger partial charge in [-0.1, -0.05) is 26.7 Å². The first kappa shape index (κ1) is 13.5. The molecule has 1 heterocycles. The quantitative estimate of drug-likeness (QED) is 0.547. The van der Waals surface area contributed by atoms with Crippen molar-refractivity contribution in [2.75, 3.05) is 19.6 Å². The molecule has 0 bridgehead atoms. The topological polar surface area (TPSA) is 61.4 Å². The van der Waals surface area contributed by atoms with Crippen molar-refractivity contribution in [3.8, 4) is 0 Å². The van der Waals surface area contributed by atoms with E-state index in [-0.39, 0.29) is 12.0 Å². The zero-order valence-corrected chi connectivity index (χ0v) is 10.4. The molecule has 0 unspecified atom stereocenters. The van der Waals surface area contributed by atoms with Crippen molar-refractivity contribution in [1.82, 2.24) is 10.6 Å². The summed E-state index contributed by atoms with van der Waals surface area (Å²) in [6.07, 6.45) is 3.84. The van der Waals surface area contributed by atoms with Crippen LogP contribution in [0, 0.1) is 5.92 Å². The van der Waals surface area contributed by atoms with E-state index in [1.165, 1.54) is 12.8 Å². The number of carboxylic acid groups (broad SMARTS) is 1. The summed E-state index contributed by atoms with van der Waals surface area (Å²) in [7, 11) is 0. The monoisotopic (exact) mass is 228 g/mol. The lowest BCUT2D eigenvalue weighted by atomic mass is 9.88. The maximum absolute atomic E-state index is 10.7. The highest BCUT2D eigenvalue weighted by atomic mass is 16.4. The largest absolute Gasteiger partial charge is 0.481 e. The molecule has 0 aromatic heterocycles. The fourth-order valence-corrected chi connectivity index (χ4v) is 2.06. The van der Waals surface area contributed by atoms with E-state index in [0.717, 1.165) is 32.0 Å². The average Bonchev–Trinajstić information content (AvgIpc) is 2.11. The average molecular weight is 228 g/mol. The molecule has 4 nitrogen and oxygen atoms in total. The van der Waals surface area contributed by atoms with Crippen LogP contribution >= 0.6 is 0 Å². The van der Waals surface area contributed by atoms with Crippen LogP contribution in [0.15, 0.2) is 0 Å². The van der Waals surface area contributed by atoms with Gasteiger partial charge in [0.1, 0.15) is 0 Å². The van der Waals surface area contributed by atoms with Crippen molar-refractivity contribution in [3.63, 3.8) is 0 Å². The lowest BCUT2D eigenvalue weighted by molar-refractivity contribution is -0.139. The van der Waals surface area contributed by atoms with Crippen molar-refractivity contribution in [2.24, 2.45) is 5.92 Å². The normalized spacial score (nSPS) is 18.4. The molecule has 0 spiro atoms. The molecule has 0 atom stereocenters. The Kier molecular flexibility index (Phi) is 5.22. The van der Waals surface area contributed by atoms with Crippen LogP contribution in [0.1, 0.15) is 39.5 Å². The third-order valence-electron chi connectivity index (χ3n) is 3.12. The first-order valence-electron chi connectivity index (χ1n) is 6.22. The lowest BCUT2D eigenvalue weighted by Gasteiger charge is -2.42. The lowest BCUT2D eigenvalue weighted by Crippen LogP contribution is -2.68. The summed E-state index contributed by atoms with van der Waals surface area (Å²) in [6, 6.07) is 0. The third kappa shape index (κ3) is 4.49.